The molecule has 20 heavy (non-hydrogen) atoms. The predicted octanol–water partition coefficient (Wildman–Crippen LogP) is 3.36. The zero-order valence-corrected chi connectivity index (χ0v) is 13.4. The van der Waals surface area contributed by atoms with Gasteiger partial charge in [0.2, 0.25) is 5.91 Å². The van der Waals surface area contributed by atoms with Gasteiger partial charge in [-0.2, -0.15) is 0 Å². The van der Waals surface area contributed by atoms with Gasteiger partial charge in [-0.25, -0.2) is 0 Å². The summed E-state index contributed by atoms with van der Waals surface area (Å²) in [5, 5.41) is 13.5. The largest absolute Gasteiger partial charge is 0.388 e. The van der Waals surface area contributed by atoms with Crippen molar-refractivity contribution in [2.75, 3.05) is 6.54 Å². The van der Waals surface area contributed by atoms with E-state index in [0.29, 0.717) is 11.4 Å². The van der Waals surface area contributed by atoms with Crippen LogP contribution in [-0.2, 0) is 4.79 Å². The van der Waals surface area contributed by atoms with Crippen molar-refractivity contribution >= 4 is 17.5 Å². The maximum absolute atomic E-state index is 12.4. The monoisotopic (exact) mass is 297 g/mol. The zero-order valence-electron chi connectivity index (χ0n) is 12.6. The predicted molar refractivity (Wildman–Crippen MR) is 83.0 cm³/mol. The van der Waals surface area contributed by atoms with Crippen LogP contribution in [0.4, 0.5) is 0 Å². The van der Waals surface area contributed by atoms with E-state index in [0.717, 1.165) is 5.56 Å². The Balaban J connectivity index is 2.81. The third-order valence-electron chi connectivity index (χ3n) is 3.58. The highest BCUT2D eigenvalue weighted by atomic mass is 35.5. The summed E-state index contributed by atoms with van der Waals surface area (Å²) in [7, 11) is 0. The highest BCUT2D eigenvalue weighted by Crippen LogP contribution is 2.26. The molecular formula is C16H24ClNO2. The average molecular weight is 298 g/mol. The van der Waals surface area contributed by atoms with E-state index < -0.39 is 5.60 Å². The van der Waals surface area contributed by atoms with E-state index in [1.165, 1.54) is 0 Å². The minimum Gasteiger partial charge on any atom is -0.388 e. The molecule has 1 aromatic rings. The maximum Gasteiger partial charge on any atom is 0.227 e. The molecule has 4 heteroatoms. The van der Waals surface area contributed by atoms with Crippen molar-refractivity contribution in [3.8, 4) is 0 Å². The van der Waals surface area contributed by atoms with Gasteiger partial charge in [0.15, 0.2) is 0 Å². The van der Waals surface area contributed by atoms with E-state index in [2.05, 4.69) is 5.32 Å². The number of hydrogen-bond acceptors (Lipinski definition) is 2. The van der Waals surface area contributed by atoms with Crippen LogP contribution in [0.1, 0.15) is 45.6 Å². The van der Waals surface area contributed by atoms with E-state index in [4.69, 9.17) is 11.6 Å². The van der Waals surface area contributed by atoms with Crippen molar-refractivity contribution in [1.82, 2.24) is 5.32 Å². The molecule has 2 N–H and O–H groups in total. The second kappa shape index (κ2) is 7.09. The molecule has 0 fully saturated rings. The maximum atomic E-state index is 12.4. The Labute approximate surface area is 126 Å². The van der Waals surface area contributed by atoms with E-state index in [-0.39, 0.29) is 24.3 Å². The summed E-state index contributed by atoms with van der Waals surface area (Å²) < 4.78 is 0. The number of carbonyl (C=O) groups excluding carboxylic acids is 1. The van der Waals surface area contributed by atoms with Crippen molar-refractivity contribution in [1.29, 1.82) is 0 Å². The fourth-order valence-electron chi connectivity index (χ4n) is 2.02. The van der Waals surface area contributed by atoms with Crippen LogP contribution in [-0.4, -0.2) is 23.2 Å². The number of hydrogen-bond donors (Lipinski definition) is 2. The van der Waals surface area contributed by atoms with E-state index in [1.807, 2.05) is 32.9 Å². The highest BCUT2D eigenvalue weighted by molar-refractivity contribution is 6.30. The number of aliphatic hydroxyl groups is 1. The van der Waals surface area contributed by atoms with Gasteiger partial charge in [-0.3, -0.25) is 4.79 Å². The van der Waals surface area contributed by atoms with Gasteiger partial charge in [-0.15, -0.1) is 0 Å². The van der Waals surface area contributed by atoms with Gasteiger partial charge in [0.05, 0.1) is 11.5 Å². The van der Waals surface area contributed by atoms with Crippen LogP contribution >= 0.6 is 11.6 Å². The van der Waals surface area contributed by atoms with Crippen molar-refractivity contribution in [2.24, 2.45) is 5.92 Å². The molecule has 1 amide bonds. The van der Waals surface area contributed by atoms with Gasteiger partial charge in [-0.1, -0.05) is 44.5 Å². The smallest absolute Gasteiger partial charge is 0.227 e. The lowest BCUT2D eigenvalue weighted by molar-refractivity contribution is -0.124. The van der Waals surface area contributed by atoms with Crippen LogP contribution in [0.5, 0.6) is 0 Å². The number of benzene rings is 1. The topological polar surface area (TPSA) is 49.3 Å². The molecule has 0 saturated carbocycles. The first kappa shape index (κ1) is 17.0. The lowest BCUT2D eigenvalue weighted by Crippen LogP contribution is -2.42. The minimum absolute atomic E-state index is 0.0592. The minimum atomic E-state index is -0.864. The Kier molecular flexibility index (Phi) is 6.03. The van der Waals surface area contributed by atoms with E-state index >= 15 is 0 Å². The third-order valence-corrected chi connectivity index (χ3v) is 3.84. The SMILES string of the molecule is CCC(C)(O)CNC(=O)C(c1ccc(Cl)cc1)C(C)C. The fourth-order valence-corrected chi connectivity index (χ4v) is 2.15. The van der Waals surface area contributed by atoms with E-state index in [9.17, 15) is 9.90 Å². The molecule has 2 atom stereocenters. The Bertz CT molecular complexity index is 440. The lowest BCUT2D eigenvalue weighted by atomic mass is 9.87. The summed E-state index contributed by atoms with van der Waals surface area (Å²) >= 11 is 5.88. The summed E-state index contributed by atoms with van der Waals surface area (Å²) in [4.78, 5) is 12.4. The normalized spacial score (nSPS) is 15.8. The molecule has 0 aliphatic carbocycles. The lowest BCUT2D eigenvalue weighted by Gasteiger charge is -2.25. The Morgan fingerprint density at radius 1 is 1.35 bits per heavy atom. The molecular weight excluding hydrogens is 274 g/mol. The number of carbonyl (C=O) groups is 1. The van der Waals surface area contributed by atoms with Crippen molar-refractivity contribution in [3.63, 3.8) is 0 Å². The zero-order chi connectivity index (χ0) is 15.3. The number of nitrogens with one attached hydrogen (secondary N) is 1. The molecule has 0 saturated heterocycles. The van der Waals surface area contributed by atoms with Gasteiger partial charge in [0, 0.05) is 11.6 Å². The van der Waals surface area contributed by atoms with Crippen LogP contribution in [0, 0.1) is 5.92 Å². The molecule has 0 bridgehead atoms. The number of amides is 1. The third kappa shape index (κ3) is 4.80. The number of rotatable bonds is 6. The second-order valence-corrected chi connectivity index (χ2v) is 6.28. The van der Waals surface area contributed by atoms with Gasteiger partial charge in [-0.05, 0) is 37.0 Å². The molecule has 2 unspecified atom stereocenters. The van der Waals surface area contributed by atoms with Gasteiger partial charge in [0.1, 0.15) is 0 Å². The van der Waals surface area contributed by atoms with Crippen LogP contribution in [0.3, 0.4) is 0 Å². The van der Waals surface area contributed by atoms with Gasteiger partial charge in [0.25, 0.3) is 0 Å². The van der Waals surface area contributed by atoms with Crippen LogP contribution in [0.2, 0.25) is 5.02 Å². The summed E-state index contributed by atoms with van der Waals surface area (Å²) in [6, 6.07) is 7.35. The molecule has 3 nitrogen and oxygen atoms in total. The first-order valence-electron chi connectivity index (χ1n) is 7.02. The molecule has 112 valence electrons. The molecule has 1 aromatic carbocycles. The molecule has 0 aliphatic rings. The highest BCUT2D eigenvalue weighted by Gasteiger charge is 2.26. The molecule has 0 aliphatic heterocycles. The summed E-state index contributed by atoms with van der Waals surface area (Å²) in [6.07, 6.45) is 0.598. The van der Waals surface area contributed by atoms with Gasteiger partial charge >= 0.3 is 0 Å². The molecule has 1 rings (SSSR count). The van der Waals surface area contributed by atoms with Crippen LogP contribution in [0.15, 0.2) is 24.3 Å². The summed E-state index contributed by atoms with van der Waals surface area (Å²) in [5.41, 5.74) is 0.0787. The molecule has 0 heterocycles. The Morgan fingerprint density at radius 2 is 1.90 bits per heavy atom. The van der Waals surface area contributed by atoms with Crippen LogP contribution in [0.25, 0.3) is 0 Å². The van der Waals surface area contributed by atoms with E-state index in [1.54, 1.807) is 19.1 Å². The second-order valence-electron chi connectivity index (χ2n) is 5.84. The van der Waals surface area contributed by atoms with Crippen LogP contribution < -0.4 is 5.32 Å². The number of halogens is 1. The first-order chi connectivity index (χ1) is 9.26. The average Bonchev–Trinajstić information content (AvgIpc) is 2.39. The molecule has 0 spiro atoms. The standard InChI is InChI=1S/C16H24ClNO2/c1-5-16(4,20)10-18-15(19)14(11(2)3)12-6-8-13(17)9-7-12/h6-9,11,14,20H,5,10H2,1-4H3,(H,18,19). The van der Waals surface area contributed by atoms with Crippen molar-refractivity contribution in [3.05, 3.63) is 34.9 Å². The molecule has 0 radical (unpaired) electrons. The quantitative estimate of drug-likeness (QED) is 0.846. The van der Waals surface area contributed by atoms with Gasteiger partial charge < -0.3 is 10.4 Å². The summed E-state index contributed by atoms with van der Waals surface area (Å²) in [6.45, 7) is 7.90. The Hall–Kier alpha value is -1.06. The first-order valence-corrected chi connectivity index (χ1v) is 7.40. The summed E-state index contributed by atoms with van der Waals surface area (Å²) in [5.74, 6) is -0.126. The fraction of sp³-hybridized carbons (Fsp3) is 0.562. The Morgan fingerprint density at radius 3 is 2.35 bits per heavy atom. The van der Waals surface area contributed by atoms with Crippen molar-refractivity contribution < 1.29 is 9.90 Å². The van der Waals surface area contributed by atoms with Crippen molar-refractivity contribution in [2.45, 2.75) is 45.6 Å². The molecule has 0 aromatic heterocycles.